The van der Waals surface area contributed by atoms with Crippen LogP contribution in [0, 0.1) is 5.82 Å². The topological polar surface area (TPSA) is 12.9 Å². The Morgan fingerprint density at radius 1 is 0.962 bits per heavy atom. The van der Waals surface area contributed by atoms with Crippen molar-refractivity contribution < 1.29 is 17.6 Å². The fourth-order valence-electron chi connectivity index (χ4n) is 2.47. The highest BCUT2D eigenvalue weighted by atomic mass is 35.5. The minimum Gasteiger partial charge on any atom is -0.255 e. The SMILES string of the molecule is Fc1cc(/C(=C\c2ccccc2)c2ccc(Cl)cn2)cc(C(F)(F)F)c1. The van der Waals surface area contributed by atoms with Gasteiger partial charge in [-0.1, -0.05) is 41.9 Å². The smallest absolute Gasteiger partial charge is 0.255 e. The Morgan fingerprint density at radius 3 is 2.31 bits per heavy atom. The normalized spacial score (nSPS) is 12.3. The number of hydrogen-bond acceptors (Lipinski definition) is 1. The molecule has 1 nitrogen and oxygen atoms in total. The lowest BCUT2D eigenvalue weighted by molar-refractivity contribution is -0.137. The predicted octanol–water partition coefficient (Wildman–Crippen LogP) is 6.48. The number of rotatable bonds is 3. The van der Waals surface area contributed by atoms with E-state index in [1.807, 2.05) is 6.07 Å². The summed E-state index contributed by atoms with van der Waals surface area (Å²) in [5, 5.41) is 0.392. The molecule has 0 bridgehead atoms. The summed E-state index contributed by atoms with van der Waals surface area (Å²) in [6.45, 7) is 0. The van der Waals surface area contributed by atoms with Crippen LogP contribution in [-0.2, 0) is 6.18 Å². The number of hydrogen-bond donors (Lipinski definition) is 0. The van der Waals surface area contributed by atoms with E-state index in [9.17, 15) is 17.6 Å². The summed E-state index contributed by atoms with van der Waals surface area (Å²) in [4.78, 5) is 4.17. The van der Waals surface area contributed by atoms with E-state index in [-0.39, 0.29) is 5.56 Å². The molecule has 0 saturated heterocycles. The Kier molecular flexibility index (Phi) is 5.09. The van der Waals surface area contributed by atoms with Gasteiger partial charge in [-0.3, -0.25) is 4.98 Å². The van der Waals surface area contributed by atoms with Crippen molar-refractivity contribution in [2.75, 3.05) is 0 Å². The third kappa shape index (κ3) is 4.29. The molecule has 3 aromatic rings. The van der Waals surface area contributed by atoms with E-state index in [0.29, 0.717) is 22.4 Å². The summed E-state index contributed by atoms with van der Waals surface area (Å²) in [5.74, 6) is -0.970. The fraction of sp³-hybridized carbons (Fsp3) is 0.0500. The summed E-state index contributed by atoms with van der Waals surface area (Å²) in [7, 11) is 0. The van der Waals surface area contributed by atoms with Gasteiger partial charge in [-0.15, -0.1) is 0 Å². The molecule has 0 amide bonds. The molecule has 0 unspecified atom stereocenters. The first kappa shape index (κ1) is 18.1. The second-order valence-electron chi connectivity index (χ2n) is 5.56. The largest absolute Gasteiger partial charge is 0.416 e. The minimum absolute atomic E-state index is 0.0796. The Labute approximate surface area is 152 Å². The first-order chi connectivity index (χ1) is 12.3. The van der Waals surface area contributed by atoms with Crippen LogP contribution in [0.15, 0.2) is 66.9 Å². The van der Waals surface area contributed by atoms with Gasteiger partial charge in [0.25, 0.3) is 0 Å². The third-order valence-electron chi connectivity index (χ3n) is 3.65. The van der Waals surface area contributed by atoms with Gasteiger partial charge in [0, 0.05) is 11.8 Å². The molecule has 0 fully saturated rings. The molecule has 6 heteroatoms. The number of benzene rings is 2. The molecule has 0 saturated carbocycles. The van der Waals surface area contributed by atoms with Crippen LogP contribution >= 0.6 is 11.6 Å². The molecular formula is C20H12ClF4N. The van der Waals surface area contributed by atoms with Gasteiger partial charge < -0.3 is 0 Å². The van der Waals surface area contributed by atoms with Gasteiger partial charge in [0.05, 0.1) is 16.3 Å². The molecule has 0 aliphatic heterocycles. The Bertz CT molecular complexity index is 932. The van der Waals surface area contributed by atoms with Gasteiger partial charge >= 0.3 is 6.18 Å². The number of pyridine rings is 1. The van der Waals surface area contributed by atoms with Crippen molar-refractivity contribution in [3.8, 4) is 0 Å². The number of alkyl halides is 3. The maximum Gasteiger partial charge on any atom is 0.416 e. The van der Waals surface area contributed by atoms with Crippen LogP contribution in [0.5, 0.6) is 0 Å². The molecule has 26 heavy (non-hydrogen) atoms. The van der Waals surface area contributed by atoms with E-state index in [1.165, 1.54) is 6.20 Å². The van der Waals surface area contributed by atoms with Crippen molar-refractivity contribution in [3.63, 3.8) is 0 Å². The fourth-order valence-corrected chi connectivity index (χ4v) is 2.58. The molecule has 0 spiro atoms. The van der Waals surface area contributed by atoms with Gasteiger partial charge in [0.15, 0.2) is 0 Å². The number of aromatic nitrogens is 1. The predicted molar refractivity (Wildman–Crippen MR) is 94.1 cm³/mol. The lowest BCUT2D eigenvalue weighted by atomic mass is 9.97. The van der Waals surface area contributed by atoms with Crippen molar-refractivity contribution in [1.82, 2.24) is 4.98 Å². The van der Waals surface area contributed by atoms with Gasteiger partial charge in [-0.25, -0.2) is 4.39 Å². The Hall–Kier alpha value is -2.66. The Balaban J connectivity index is 2.20. The molecule has 2 aromatic carbocycles. The monoisotopic (exact) mass is 377 g/mol. The molecule has 3 rings (SSSR count). The zero-order chi connectivity index (χ0) is 18.7. The second-order valence-corrected chi connectivity index (χ2v) is 5.99. The summed E-state index contributed by atoms with van der Waals surface area (Å²) in [6.07, 6.45) is -1.60. The van der Waals surface area contributed by atoms with E-state index in [0.717, 1.165) is 17.7 Å². The van der Waals surface area contributed by atoms with Crippen LogP contribution in [0.4, 0.5) is 17.6 Å². The molecule has 1 heterocycles. The number of nitrogens with zero attached hydrogens (tertiary/aromatic N) is 1. The lowest BCUT2D eigenvalue weighted by Gasteiger charge is -2.12. The van der Waals surface area contributed by atoms with E-state index >= 15 is 0 Å². The summed E-state index contributed by atoms with van der Waals surface area (Å²) >= 11 is 5.84. The van der Waals surface area contributed by atoms with Crippen molar-refractivity contribution in [2.45, 2.75) is 6.18 Å². The zero-order valence-electron chi connectivity index (χ0n) is 13.3. The van der Waals surface area contributed by atoms with Gasteiger partial charge in [-0.05, 0) is 47.5 Å². The van der Waals surface area contributed by atoms with Crippen LogP contribution in [0.2, 0.25) is 5.02 Å². The average molecular weight is 378 g/mol. The molecular weight excluding hydrogens is 366 g/mol. The van der Waals surface area contributed by atoms with Crippen molar-refractivity contribution in [3.05, 3.63) is 100 Å². The maximum absolute atomic E-state index is 13.9. The van der Waals surface area contributed by atoms with E-state index < -0.39 is 17.6 Å². The first-order valence-electron chi connectivity index (χ1n) is 7.60. The molecule has 0 atom stereocenters. The molecule has 0 N–H and O–H groups in total. The van der Waals surface area contributed by atoms with Crippen molar-refractivity contribution in [2.24, 2.45) is 0 Å². The quantitative estimate of drug-likeness (QED) is 0.376. The van der Waals surface area contributed by atoms with E-state index in [1.54, 1.807) is 42.5 Å². The highest BCUT2D eigenvalue weighted by Crippen LogP contribution is 2.34. The van der Waals surface area contributed by atoms with Gasteiger partial charge in [-0.2, -0.15) is 13.2 Å². The van der Waals surface area contributed by atoms with E-state index in [4.69, 9.17) is 11.6 Å². The lowest BCUT2D eigenvalue weighted by Crippen LogP contribution is -2.06. The number of halogens is 5. The van der Waals surface area contributed by atoms with Gasteiger partial charge in [0.1, 0.15) is 5.82 Å². The van der Waals surface area contributed by atoms with Crippen LogP contribution in [0.25, 0.3) is 11.6 Å². The standard InChI is InChI=1S/C20H12ClF4N/c21-16-6-7-19(26-12-16)18(8-13-4-2-1-3-5-13)14-9-15(20(23,24)25)11-17(22)10-14/h1-12H/b18-8+. The first-order valence-corrected chi connectivity index (χ1v) is 7.97. The van der Waals surface area contributed by atoms with Crippen LogP contribution in [0.3, 0.4) is 0 Å². The van der Waals surface area contributed by atoms with Crippen LogP contribution in [-0.4, -0.2) is 4.98 Å². The minimum atomic E-state index is -4.65. The van der Waals surface area contributed by atoms with Crippen molar-refractivity contribution >= 4 is 23.3 Å². The summed E-state index contributed by atoms with van der Waals surface area (Å²) in [6, 6.07) is 14.6. The molecule has 132 valence electrons. The molecule has 0 aliphatic carbocycles. The summed E-state index contributed by atoms with van der Waals surface area (Å²) in [5.41, 5.74) is 0.517. The highest BCUT2D eigenvalue weighted by Gasteiger charge is 2.31. The van der Waals surface area contributed by atoms with E-state index in [2.05, 4.69) is 4.98 Å². The average Bonchev–Trinajstić information content (AvgIpc) is 2.60. The summed E-state index contributed by atoms with van der Waals surface area (Å²) < 4.78 is 53.1. The highest BCUT2D eigenvalue weighted by molar-refractivity contribution is 6.30. The molecule has 0 radical (unpaired) electrons. The van der Waals surface area contributed by atoms with Crippen LogP contribution < -0.4 is 0 Å². The second kappa shape index (κ2) is 7.30. The third-order valence-corrected chi connectivity index (χ3v) is 3.87. The zero-order valence-corrected chi connectivity index (χ0v) is 14.0. The molecule has 0 aliphatic rings. The molecule has 1 aromatic heterocycles. The van der Waals surface area contributed by atoms with Crippen molar-refractivity contribution in [1.29, 1.82) is 0 Å². The van der Waals surface area contributed by atoms with Crippen LogP contribution in [0.1, 0.15) is 22.4 Å². The Morgan fingerprint density at radius 2 is 1.69 bits per heavy atom. The van der Waals surface area contributed by atoms with Gasteiger partial charge in [0.2, 0.25) is 0 Å². The maximum atomic E-state index is 13.9.